The average molecular weight is 111 g/mol. The van der Waals surface area contributed by atoms with Crippen LogP contribution in [0.15, 0.2) is 24.4 Å². The van der Waals surface area contributed by atoms with E-state index in [4.69, 9.17) is 5.11 Å². The SMILES string of the molecule is OCC1C=CC=CN1. The van der Waals surface area contributed by atoms with Crippen LogP contribution in [0, 0.1) is 0 Å². The van der Waals surface area contributed by atoms with Crippen molar-refractivity contribution in [2.45, 2.75) is 6.04 Å². The fourth-order valence-electron chi connectivity index (χ4n) is 0.602. The highest BCUT2D eigenvalue weighted by atomic mass is 16.3. The predicted molar refractivity (Wildman–Crippen MR) is 32.3 cm³/mol. The maximum absolute atomic E-state index is 8.54. The molecule has 1 atom stereocenters. The lowest BCUT2D eigenvalue weighted by molar-refractivity contribution is 0.272. The van der Waals surface area contributed by atoms with E-state index in [2.05, 4.69) is 5.32 Å². The minimum absolute atomic E-state index is 0.125. The summed E-state index contributed by atoms with van der Waals surface area (Å²) in [5.41, 5.74) is 0. The number of nitrogens with one attached hydrogen (secondary N) is 1. The highest BCUT2D eigenvalue weighted by molar-refractivity contribution is 5.11. The van der Waals surface area contributed by atoms with Gasteiger partial charge < -0.3 is 10.4 Å². The van der Waals surface area contributed by atoms with Crippen molar-refractivity contribution in [3.05, 3.63) is 24.4 Å². The van der Waals surface area contributed by atoms with Gasteiger partial charge in [0.2, 0.25) is 0 Å². The molecule has 1 heterocycles. The summed E-state index contributed by atoms with van der Waals surface area (Å²) >= 11 is 0. The van der Waals surface area contributed by atoms with E-state index in [9.17, 15) is 0 Å². The van der Waals surface area contributed by atoms with Crippen molar-refractivity contribution in [2.75, 3.05) is 6.61 Å². The van der Waals surface area contributed by atoms with E-state index in [1.165, 1.54) is 0 Å². The Morgan fingerprint density at radius 2 is 2.38 bits per heavy atom. The van der Waals surface area contributed by atoms with E-state index in [-0.39, 0.29) is 12.6 Å². The second kappa shape index (κ2) is 2.52. The molecule has 0 spiro atoms. The summed E-state index contributed by atoms with van der Waals surface area (Å²) in [5, 5.41) is 11.5. The van der Waals surface area contributed by atoms with Crippen molar-refractivity contribution in [3.8, 4) is 0 Å². The zero-order chi connectivity index (χ0) is 5.82. The monoisotopic (exact) mass is 111 g/mol. The topological polar surface area (TPSA) is 32.3 Å². The molecule has 0 bridgehead atoms. The zero-order valence-electron chi connectivity index (χ0n) is 4.54. The van der Waals surface area contributed by atoms with Crippen LogP contribution in [0.5, 0.6) is 0 Å². The summed E-state index contributed by atoms with van der Waals surface area (Å²) in [6.45, 7) is 0.167. The Balaban J connectivity index is 2.40. The summed E-state index contributed by atoms with van der Waals surface area (Å²) in [7, 11) is 0. The molecule has 0 saturated carbocycles. The van der Waals surface area contributed by atoms with Crippen molar-refractivity contribution in [2.24, 2.45) is 0 Å². The second-order valence-electron chi connectivity index (χ2n) is 1.70. The summed E-state index contributed by atoms with van der Waals surface area (Å²) in [6, 6.07) is 0.125. The van der Waals surface area contributed by atoms with Gasteiger partial charge in [0.1, 0.15) is 0 Å². The number of hydrogen-bond acceptors (Lipinski definition) is 2. The quantitative estimate of drug-likeness (QED) is 0.500. The zero-order valence-corrected chi connectivity index (χ0v) is 4.54. The first-order valence-electron chi connectivity index (χ1n) is 2.64. The fraction of sp³-hybridized carbons (Fsp3) is 0.333. The minimum Gasteiger partial charge on any atom is -0.394 e. The molecule has 0 amide bonds. The lowest BCUT2D eigenvalue weighted by atomic mass is 10.2. The number of allylic oxidation sites excluding steroid dienone is 2. The molecule has 0 fully saturated rings. The Morgan fingerprint density at radius 1 is 1.50 bits per heavy atom. The van der Waals surface area contributed by atoms with Gasteiger partial charge in [-0.25, -0.2) is 0 Å². The average Bonchev–Trinajstić information content (AvgIpc) is 1.90. The minimum atomic E-state index is 0.125. The third kappa shape index (κ3) is 1.10. The molecule has 8 heavy (non-hydrogen) atoms. The number of hydrogen-bond donors (Lipinski definition) is 2. The molecule has 2 nitrogen and oxygen atoms in total. The van der Waals surface area contributed by atoms with E-state index in [1.54, 1.807) is 0 Å². The van der Waals surface area contributed by atoms with Crippen molar-refractivity contribution in [3.63, 3.8) is 0 Å². The normalized spacial score (nSPS) is 25.4. The van der Waals surface area contributed by atoms with Gasteiger partial charge in [0.15, 0.2) is 0 Å². The fourth-order valence-corrected chi connectivity index (χ4v) is 0.602. The molecule has 0 saturated heterocycles. The van der Waals surface area contributed by atoms with Gasteiger partial charge in [-0.1, -0.05) is 12.2 Å². The van der Waals surface area contributed by atoms with Gasteiger partial charge in [-0.2, -0.15) is 0 Å². The predicted octanol–water partition coefficient (Wildman–Crippen LogP) is 0.0204. The summed E-state index contributed by atoms with van der Waals surface area (Å²) in [6.07, 6.45) is 7.55. The van der Waals surface area contributed by atoms with Gasteiger partial charge in [0.05, 0.1) is 12.6 Å². The molecule has 2 heteroatoms. The molecule has 0 aromatic carbocycles. The number of aliphatic hydroxyl groups excluding tert-OH is 1. The van der Waals surface area contributed by atoms with Gasteiger partial charge >= 0.3 is 0 Å². The molecule has 1 rings (SSSR count). The van der Waals surface area contributed by atoms with E-state index >= 15 is 0 Å². The molecule has 1 aliphatic rings. The first-order valence-corrected chi connectivity index (χ1v) is 2.64. The third-order valence-corrected chi connectivity index (χ3v) is 1.06. The highest BCUT2D eigenvalue weighted by Crippen LogP contribution is 1.91. The molecular formula is C6H9NO. The number of rotatable bonds is 1. The van der Waals surface area contributed by atoms with Crippen LogP contribution in [0.2, 0.25) is 0 Å². The number of dihydropyridines is 1. The summed E-state index contributed by atoms with van der Waals surface area (Å²) < 4.78 is 0. The maximum Gasteiger partial charge on any atom is 0.0673 e. The van der Waals surface area contributed by atoms with E-state index in [1.807, 2.05) is 24.4 Å². The van der Waals surface area contributed by atoms with E-state index in [0.29, 0.717) is 0 Å². The van der Waals surface area contributed by atoms with Gasteiger partial charge in [-0.3, -0.25) is 0 Å². The smallest absolute Gasteiger partial charge is 0.0673 e. The molecule has 0 radical (unpaired) electrons. The first kappa shape index (κ1) is 5.38. The molecule has 2 N–H and O–H groups in total. The lowest BCUT2D eigenvalue weighted by Gasteiger charge is -2.10. The standard InChI is InChI=1S/C6H9NO/c8-5-6-3-1-2-4-7-6/h1-4,6-8H,5H2. The largest absolute Gasteiger partial charge is 0.394 e. The molecule has 0 aliphatic carbocycles. The van der Waals surface area contributed by atoms with Crippen LogP contribution in [0.4, 0.5) is 0 Å². The molecule has 0 aromatic heterocycles. The van der Waals surface area contributed by atoms with Gasteiger partial charge in [0.25, 0.3) is 0 Å². The van der Waals surface area contributed by atoms with Crippen molar-refractivity contribution in [1.29, 1.82) is 0 Å². The summed E-state index contributed by atoms with van der Waals surface area (Å²) in [4.78, 5) is 0. The first-order chi connectivity index (χ1) is 3.93. The Labute approximate surface area is 48.5 Å². The second-order valence-corrected chi connectivity index (χ2v) is 1.70. The van der Waals surface area contributed by atoms with Crippen LogP contribution in [0.25, 0.3) is 0 Å². The van der Waals surface area contributed by atoms with Gasteiger partial charge in [-0.05, 0) is 12.3 Å². The van der Waals surface area contributed by atoms with Crippen LogP contribution >= 0.6 is 0 Å². The molecule has 1 unspecified atom stereocenters. The van der Waals surface area contributed by atoms with E-state index < -0.39 is 0 Å². The maximum atomic E-state index is 8.54. The third-order valence-electron chi connectivity index (χ3n) is 1.06. The molecule has 1 aliphatic heterocycles. The molecule has 44 valence electrons. The lowest BCUT2D eigenvalue weighted by Crippen LogP contribution is -2.26. The number of aliphatic hydroxyl groups is 1. The van der Waals surface area contributed by atoms with Crippen molar-refractivity contribution in [1.82, 2.24) is 5.32 Å². The molecular weight excluding hydrogens is 102 g/mol. The van der Waals surface area contributed by atoms with Crippen molar-refractivity contribution >= 4 is 0 Å². The van der Waals surface area contributed by atoms with Crippen LogP contribution in [0.1, 0.15) is 0 Å². The van der Waals surface area contributed by atoms with Gasteiger partial charge in [-0.15, -0.1) is 0 Å². The molecule has 0 aromatic rings. The van der Waals surface area contributed by atoms with Crippen LogP contribution in [-0.2, 0) is 0 Å². The summed E-state index contributed by atoms with van der Waals surface area (Å²) in [5.74, 6) is 0. The van der Waals surface area contributed by atoms with Crippen molar-refractivity contribution < 1.29 is 5.11 Å². The Bertz CT molecular complexity index is 118. The van der Waals surface area contributed by atoms with Crippen LogP contribution in [0.3, 0.4) is 0 Å². The highest BCUT2D eigenvalue weighted by Gasteiger charge is 1.98. The van der Waals surface area contributed by atoms with Crippen LogP contribution in [-0.4, -0.2) is 17.8 Å². The van der Waals surface area contributed by atoms with Gasteiger partial charge in [0, 0.05) is 0 Å². The Kier molecular flexibility index (Phi) is 1.70. The van der Waals surface area contributed by atoms with Crippen LogP contribution < -0.4 is 5.32 Å². The Hall–Kier alpha value is -0.760. The Morgan fingerprint density at radius 3 is 2.75 bits per heavy atom. The van der Waals surface area contributed by atoms with E-state index in [0.717, 1.165) is 0 Å².